The third-order valence-corrected chi connectivity index (χ3v) is 3.51. The van der Waals surface area contributed by atoms with Gasteiger partial charge in [0.25, 0.3) is 0 Å². The average molecular weight is 343 g/mol. The molecule has 0 atom stereocenters. The first-order valence-corrected chi connectivity index (χ1v) is 7.37. The summed E-state index contributed by atoms with van der Waals surface area (Å²) in [6, 6.07) is 5.78. The summed E-state index contributed by atoms with van der Waals surface area (Å²) in [4.78, 5) is 23.8. The molecule has 0 aliphatic rings. The van der Waals surface area contributed by atoms with Gasteiger partial charge < -0.3 is 9.47 Å². The van der Waals surface area contributed by atoms with E-state index in [4.69, 9.17) is 9.47 Å². The van der Waals surface area contributed by atoms with Gasteiger partial charge >= 0.3 is 11.9 Å². The summed E-state index contributed by atoms with van der Waals surface area (Å²) in [5.41, 5.74) is 1.98. The summed E-state index contributed by atoms with van der Waals surface area (Å²) < 4.78 is 10.8. The Morgan fingerprint density at radius 3 is 2.15 bits per heavy atom. The van der Waals surface area contributed by atoms with Crippen molar-refractivity contribution >= 4 is 27.9 Å². The quantitative estimate of drug-likeness (QED) is 0.589. The number of esters is 2. The lowest BCUT2D eigenvalue weighted by atomic mass is 9.98. The van der Waals surface area contributed by atoms with Gasteiger partial charge in [0, 0.05) is 4.47 Å². The van der Waals surface area contributed by atoms with E-state index in [-0.39, 0.29) is 19.6 Å². The minimum absolute atomic E-state index is 0.240. The highest BCUT2D eigenvalue weighted by atomic mass is 79.9. The van der Waals surface area contributed by atoms with Gasteiger partial charge in [-0.1, -0.05) is 28.1 Å². The number of carbonyl (C=O) groups is 2. The van der Waals surface area contributed by atoms with Gasteiger partial charge in [-0.25, -0.2) is 0 Å². The van der Waals surface area contributed by atoms with E-state index in [1.807, 2.05) is 25.1 Å². The summed E-state index contributed by atoms with van der Waals surface area (Å²) in [6.45, 7) is 5.88. The Morgan fingerprint density at radius 1 is 1.15 bits per heavy atom. The number of aryl methyl sites for hydroxylation is 1. The van der Waals surface area contributed by atoms with Crippen LogP contribution in [0.2, 0.25) is 0 Å². The Kier molecular flexibility index (Phi) is 6.71. The molecule has 0 unspecified atom stereocenters. The lowest BCUT2D eigenvalue weighted by molar-refractivity contribution is -0.161. The zero-order chi connectivity index (χ0) is 15.1. The van der Waals surface area contributed by atoms with E-state index in [0.717, 1.165) is 15.6 Å². The average Bonchev–Trinajstić information content (AvgIpc) is 2.38. The van der Waals surface area contributed by atoms with Crippen LogP contribution in [0.25, 0.3) is 0 Å². The maximum atomic E-state index is 11.9. The van der Waals surface area contributed by atoms with Crippen LogP contribution < -0.4 is 0 Å². The number of rotatable bonds is 6. The van der Waals surface area contributed by atoms with Gasteiger partial charge in [-0.05, 0) is 44.4 Å². The van der Waals surface area contributed by atoms with Crippen molar-refractivity contribution in [3.63, 3.8) is 0 Å². The van der Waals surface area contributed by atoms with Gasteiger partial charge in [0.1, 0.15) is 0 Å². The normalized spacial score (nSPS) is 10.4. The van der Waals surface area contributed by atoms with Crippen molar-refractivity contribution < 1.29 is 19.1 Å². The maximum Gasteiger partial charge on any atom is 0.320 e. The molecule has 0 radical (unpaired) electrons. The van der Waals surface area contributed by atoms with E-state index in [1.54, 1.807) is 13.8 Å². The fraction of sp³-hybridized carbons (Fsp3) is 0.467. The van der Waals surface area contributed by atoms with Crippen LogP contribution in [0.3, 0.4) is 0 Å². The van der Waals surface area contributed by atoms with Crippen LogP contribution in [0.1, 0.15) is 25.0 Å². The molecule has 0 N–H and O–H groups in total. The molecule has 0 heterocycles. The molecule has 0 spiro atoms. The van der Waals surface area contributed by atoms with Crippen molar-refractivity contribution in [1.82, 2.24) is 0 Å². The molecule has 0 aliphatic carbocycles. The third kappa shape index (κ3) is 4.63. The Bertz CT molecular complexity index is 467. The van der Waals surface area contributed by atoms with Crippen molar-refractivity contribution in [2.24, 2.45) is 5.92 Å². The fourth-order valence-electron chi connectivity index (χ4n) is 1.79. The first-order valence-electron chi connectivity index (χ1n) is 6.57. The Hall–Kier alpha value is -1.36. The molecule has 0 fully saturated rings. The van der Waals surface area contributed by atoms with Crippen LogP contribution in [-0.2, 0) is 25.5 Å². The molecule has 0 saturated carbocycles. The molecule has 1 rings (SSSR count). The second-order valence-corrected chi connectivity index (χ2v) is 5.21. The fourth-order valence-corrected chi connectivity index (χ4v) is 2.44. The minimum atomic E-state index is -0.922. The number of hydrogen-bond acceptors (Lipinski definition) is 4. The summed E-state index contributed by atoms with van der Waals surface area (Å²) in [7, 11) is 0. The van der Waals surface area contributed by atoms with Gasteiger partial charge in [0.2, 0.25) is 0 Å². The summed E-state index contributed by atoms with van der Waals surface area (Å²) in [6.07, 6.45) is 0.262. The van der Waals surface area contributed by atoms with Crippen molar-refractivity contribution in [3.05, 3.63) is 33.8 Å². The van der Waals surface area contributed by atoms with E-state index in [0.29, 0.717) is 0 Å². The number of ether oxygens (including phenoxy) is 2. The highest BCUT2D eigenvalue weighted by molar-refractivity contribution is 9.10. The lowest BCUT2D eigenvalue weighted by Crippen LogP contribution is -2.30. The predicted octanol–water partition coefficient (Wildman–Crippen LogP) is 3.04. The van der Waals surface area contributed by atoms with Gasteiger partial charge in [-0.3, -0.25) is 9.59 Å². The molecule has 0 amide bonds. The highest BCUT2D eigenvalue weighted by Gasteiger charge is 2.30. The predicted molar refractivity (Wildman–Crippen MR) is 79.3 cm³/mol. The lowest BCUT2D eigenvalue weighted by Gasteiger charge is -2.15. The zero-order valence-electron chi connectivity index (χ0n) is 11.9. The second-order valence-electron chi connectivity index (χ2n) is 4.36. The van der Waals surface area contributed by atoms with E-state index in [9.17, 15) is 9.59 Å². The van der Waals surface area contributed by atoms with Gasteiger partial charge in [-0.15, -0.1) is 0 Å². The smallest absolute Gasteiger partial charge is 0.320 e. The Balaban J connectivity index is 2.93. The molecule has 1 aromatic carbocycles. The first-order chi connectivity index (χ1) is 9.49. The molecular weight excluding hydrogens is 324 g/mol. The standard InChI is InChI=1S/C15H19BrO4/c1-4-19-14(17)12(15(18)20-5-2)9-11-7-6-10(3)8-13(11)16/h6-8,12H,4-5,9H2,1-3H3. The monoisotopic (exact) mass is 342 g/mol. The van der Waals surface area contributed by atoms with Crippen LogP contribution >= 0.6 is 15.9 Å². The largest absolute Gasteiger partial charge is 0.465 e. The SMILES string of the molecule is CCOC(=O)C(Cc1ccc(C)cc1Br)C(=O)OCC. The Morgan fingerprint density at radius 2 is 1.70 bits per heavy atom. The summed E-state index contributed by atoms with van der Waals surface area (Å²) in [5.74, 6) is -2.01. The first kappa shape index (κ1) is 16.7. The van der Waals surface area contributed by atoms with Crippen LogP contribution in [0, 0.1) is 12.8 Å². The molecule has 5 heteroatoms. The molecule has 1 aromatic rings. The van der Waals surface area contributed by atoms with Crippen LogP contribution in [0.5, 0.6) is 0 Å². The molecule has 20 heavy (non-hydrogen) atoms. The number of benzene rings is 1. The van der Waals surface area contributed by atoms with Crippen molar-refractivity contribution in [2.75, 3.05) is 13.2 Å². The molecule has 0 saturated heterocycles. The van der Waals surface area contributed by atoms with Crippen molar-refractivity contribution in [3.8, 4) is 0 Å². The second kappa shape index (κ2) is 8.04. The maximum absolute atomic E-state index is 11.9. The van der Waals surface area contributed by atoms with E-state index in [1.165, 1.54) is 0 Å². The van der Waals surface area contributed by atoms with Gasteiger partial charge in [0.15, 0.2) is 5.92 Å². The Labute approximate surface area is 127 Å². The van der Waals surface area contributed by atoms with Gasteiger partial charge in [0.05, 0.1) is 13.2 Å². The number of carbonyl (C=O) groups excluding carboxylic acids is 2. The molecule has 0 aromatic heterocycles. The van der Waals surface area contributed by atoms with Crippen molar-refractivity contribution in [2.45, 2.75) is 27.2 Å². The van der Waals surface area contributed by atoms with Crippen LogP contribution in [-0.4, -0.2) is 25.2 Å². The van der Waals surface area contributed by atoms with Crippen LogP contribution in [0.15, 0.2) is 22.7 Å². The molecule has 0 bridgehead atoms. The summed E-state index contributed by atoms with van der Waals surface area (Å²) >= 11 is 3.45. The molecular formula is C15H19BrO4. The van der Waals surface area contributed by atoms with Crippen molar-refractivity contribution in [1.29, 1.82) is 0 Å². The molecule has 4 nitrogen and oxygen atoms in total. The van der Waals surface area contributed by atoms with E-state index < -0.39 is 17.9 Å². The minimum Gasteiger partial charge on any atom is -0.465 e. The summed E-state index contributed by atoms with van der Waals surface area (Å²) in [5, 5.41) is 0. The highest BCUT2D eigenvalue weighted by Crippen LogP contribution is 2.22. The third-order valence-electron chi connectivity index (χ3n) is 2.77. The van der Waals surface area contributed by atoms with E-state index in [2.05, 4.69) is 15.9 Å². The van der Waals surface area contributed by atoms with E-state index >= 15 is 0 Å². The van der Waals surface area contributed by atoms with Gasteiger partial charge in [-0.2, -0.15) is 0 Å². The number of hydrogen-bond donors (Lipinski definition) is 0. The number of halogens is 1. The topological polar surface area (TPSA) is 52.6 Å². The molecule has 110 valence electrons. The molecule has 0 aliphatic heterocycles. The zero-order valence-corrected chi connectivity index (χ0v) is 13.5. The van der Waals surface area contributed by atoms with Crippen LogP contribution in [0.4, 0.5) is 0 Å².